The van der Waals surface area contributed by atoms with Crippen LogP contribution in [0.2, 0.25) is 0 Å². The molecule has 0 aliphatic heterocycles. The zero-order valence-electron chi connectivity index (χ0n) is 10.5. The van der Waals surface area contributed by atoms with Crippen molar-refractivity contribution >= 4 is 16.9 Å². The van der Waals surface area contributed by atoms with Crippen LogP contribution in [0.4, 0.5) is 0 Å². The molecule has 2 rings (SSSR count). The molecule has 1 heterocycles. The van der Waals surface area contributed by atoms with E-state index in [1.165, 1.54) is 13.4 Å². The molecule has 0 N–H and O–H groups in total. The number of fused-ring (bicyclic) bond motifs is 1. The first-order chi connectivity index (χ1) is 8.71. The Bertz CT molecular complexity index is 570. The van der Waals surface area contributed by atoms with E-state index in [-0.39, 0.29) is 0 Å². The minimum atomic E-state index is -0.424. The average Bonchev–Trinajstić information content (AvgIpc) is 2.81. The first-order valence-electron chi connectivity index (χ1n) is 5.51. The van der Waals surface area contributed by atoms with Gasteiger partial charge in [-0.2, -0.15) is 0 Å². The standard InChI is InChI=1S/C13H14O5/c1-4-17-13(14)10-7-18-12-9(10)5-8(15-2)6-11(12)16-3/h5-7H,4H2,1-3H3. The van der Waals surface area contributed by atoms with E-state index in [4.69, 9.17) is 18.6 Å². The number of rotatable bonds is 4. The highest BCUT2D eigenvalue weighted by Crippen LogP contribution is 2.34. The van der Waals surface area contributed by atoms with Crippen LogP contribution >= 0.6 is 0 Å². The number of carbonyl (C=O) groups is 1. The van der Waals surface area contributed by atoms with Crippen LogP contribution in [0.5, 0.6) is 11.5 Å². The smallest absolute Gasteiger partial charge is 0.342 e. The van der Waals surface area contributed by atoms with Gasteiger partial charge in [0.1, 0.15) is 17.6 Å². The lowest BCUT2D eigenvalue weighted by molar-refractivity contribution is 0.0527. The van der Waals surface area contributed by atoms with E-state index >= 15 is 0 Å². The lowest BCUT2D eigenvalue weighted by atomic mass is 10.1. The Balaban J connectivity index is 2.60. The average molecular weight is 250 g/mol. The highest BCUT2D eigenvalue weighted by Gasteiger charge is 2.18. The van der Waals surface area contributed by atoms with Crippen molar-refractivity contribution in [3.63, 3.8) is 0 Å². The van der Waals surface area contributed by atoms with Gasteiger partial charge >= 0.3 is 5.97 Å². The summed E-state index contributed by atoms with van der Waals surface area (Å²) in [7, 11) is 3.07. The molecule has 0 atom stereocenters. The second kappa shape index (κ2) is 5.00. The summed E-state index contributed by atoms with van der Waals surface area (Å²) in [6.07, 6.45) is 1.37. The van der Waals surface area contributed by atoms with Gasteiger partial charge in [-0.3, -0.25) is 0 Å². The lowest BCUT2D eigenvalue weighted by Crippen LogP contribution is -2.03. The minimum absolute atomic E-state index is 0.312. The van der Waals surface area contributed by atoms with Crippen LogP contribution in [0.1, 0.15) is 17.3 Å². The largest absolute Gasteiger partial charge is 0.497 e. The van der Waals surface area contributed by atoms with Crippen molar-refractivity contribution in [1.82, 2.24) is 0 Å². The fraction of sp³-hybridized carbons (Fsp3) is 0.308. The second-order valence-electron chi connectivity index (χ2n) is 3.58. The molecular formula is C13H14O5. The third-order valence-electron chi connectivity index (χ3n) is 2.56. The van der Waals surface area contributed by atoms with Crippen LogP contribution in [-0.4, -0.2) is 26.8 Å². The Kier molecular flexibility index (Phi) is 3.41. The number of hydrogen-bond acceptors (Lipinski definition) is 5. The van der Waals surface area contributed by atoms with Crippen LogP contribution in [0.3, 0.4) is 0 Å². The first kappa shape index (κ1) is 12.3. The SMILES string of the molecule is CCOC(=O)c1coc2c(OC)cc(OC)cc12. The summed E-state index contributed by atoms with van der Waals surface area (Å²) in [4.78, 5) is 11.8. The molecule has 0 saturated heterocycles. The summed E-state index contributed by atoms with van der Waals surface area (Å²) in [5, 5.41) is 0.615. The molecule has 1 aromatic carbocycles. The van der Waals surface area contributed by atoms with Crippen molar-refractivity contribution in [2.75, 3.05) is 20.8 Å². The highest BCUT2D eigenvalue weighted by molar-refractivity contribution is 6.05. The van der Waals surface area contributed by atoms with Gasteiger partial charge in [-0.05, 0) is 13.0 Å². The molecule has 0 radical (unpaired) electrons. The molecule has 0 spiro atoms. The van der Waals surface area contributed by atoms with Crippen molar-refractivity contribution in [3.05, 3.63) is 24.0 Å². The second-order valence-corrected chi connectivity index (χ2v) is 3.58. The number of furan rings is 1. The molecule has 0 amide bonds. The lowest BCUT2D eigenvalue weighted by Gasteiger charge is -2.05. The number of methoxy groups -OCH3 is 2. The molecule has 0 fully saturated rings. The van der Waals surface area contributed by atoms with Gasteiger partial charge in [0.2, 0.25) is 0 Å². The van der Waals surface area contributed by atoms with Gasteiger partial charge in [0.05, 0.1) is 20.8 Å². The predicted molar refractivity (Wildman–Crippen MR) is 65.3 cm³/mol. The van der Waals surface area contributed by atoms with Crippen LogP contribution in [0.15, 0.2) is 22.8 Å². The monoisotopic (exact) mass is 250 g/mol. The molecule has 5 nitrogen and oxygen atoms in total. The molecule has 0 unspecified atom stereocenters. The van der Waals surface area contributed by atoms with Gasteiger partial charge in [-0.25, -0.2) is 4.79 Å². The summed E-state index contributed by atoms with van der Waals surface area (Å²) in [6.45, 7) is 2.06. The maximum atomic E-state index is 11.8. The highest BCUT2D eigenvalue weighted by atomic mass is 16.5. The normalized spacial score (nSPS) is 10.4. The maximum absolute atomic E-state index is 11.8. The van der Waals surface area contributed by atoms with Crippen LogP contribution < -0.4 is 9.47 Å². The van der Waals surface area contributed by atoms with Gasteiger partial charge < -0.3 is 18.6 Å². The van der Waals surface area contributed by atoms with E-state index in [0.29, 0.717) is 34.6 Å². The molecule has 0 saturated carbocycles. The molecule has 0 bridgehead atoms. The summed E-state index contributed by atoms with van der Waals surface area (Å²) in [5.41, 5.74) is 0.866. The Labute approximate surface area is 104 Å². The molecule has 0 aliphatic rings. The van der Waals surface area contributed by atoms with Gasteiger partial charge in [0.25, 0.3) is 0 Å². The maximum Gasteiger partial charge on any atom is 0.342 e. The van der Waals surface area contributed by atoms with E-state index in [2.05, 4.69) is 0 Å². The van der Waals surface area contributed by atoms with Gasteiger partial charge in [0, 0.05) is 11.5 Å². The van der Waals surface area contributed by atoms with Crippen LogP contribution in [0.25, 0.3) is 11.0 Å². The number of esters is 1. The summed E-state index contributed by atoms with van der Waals surface area (Å²) >= 11 is 0. The Morgan fingerprint density at radius 2 is 2.06 bits per heavy atom. The molecule has 5 heteroatoms. The van der Waals surface area contributed by atoms with Crippen molar-refractivity contribution in [1.29, 1.82) is 0 Å². The van der Waals surface area contributed by atoms with E-state index < -0.39 is 5.97 Å². The number of carbonyl (C=O) groups excluding carboxylic acids is 1. The van der Waals surface area contributed by atoms with Gasteiger partial charge in [-0.15, -0.1) is 0 Å². The topological polar surface area (TPSA) is 57.9 Å². The first-order valence-corrected chi connectivity index (χ1v) is 5.51. The summed E-state index contributed by atoms with van der Waals surface area (Å²) < 4.78 is 20.7. The molecule has 1 aromatic heterocycles. The van der Waals surface area contributed by atoms with Gasteiger partial charge in [0.15, 0.2) is 11.3 Å². The van der Waals surface area contributed by atoms with Gasteiger partial charge in [-0.1, -0.05) is 0 Å². The number of benzene rings is 1. The Morgan fingerprint density at radius 1 is 1.28 bits per heavy atom. The number of ether oxygens (including phenoxy) is 3. The molecule has 2 aromatic rings. The van der Waals surface area contributed by atoms with E-state index in [0.717, 1.165) is 0 Å². The number of hydrogen-bond donors (Lipinski definition) is 0. The Morgan fingerprint density at radius 3 is 2.67 bits per heavy atom. The summed E-state index contributed by atoms with van der Waals surface area (Å²) in [5.74, 6) is 0.678. The minimum Gasteiger partial charge on any atom is -0.497 e. The summed E-state index contributed by atoms with van der Waals surface area (Å²) in [6, 6.07) is 3.41. The third kappa shape index (κ3) is 1.99. The van der Waals surface area contributed by atoms with Crippen molar-refractivity contribution in [2.24, 2.45) is 0 Å². The van der Waals surface area contributed by atoms with E-state index in [9.17, 15) is 4.79 Å². The molecule has 18 heavy (non-hydrogen) atoms. The van der Waals surface area contributed by atoms with E-state index in [1.54, 1.807) is 26.2 Å². The van der Waals surface area contributed by atoms with Crippen LogP contribution in [0, 0.1) is 0 Å². The molecule has 96 valence electrons. The van der Waals surface area contributed by atoms with Crippen molar-refractivity contribution in [3.8, 4) is 11.5 Å². The fourth-order valence-corrected chi connectivity index (χ4v) is 1.72. The van der Waals surface area contributed by atoms with E-state index in [1.807, 2.05) is 0 Å². The zero-order valence-corrected chi connectivity index (χ0v) is 10.5. The predicted octanol–water partition coefficient (Wildman–Crippen LogP) is 2.63. The Hall–Kier alpha value is -2.17. The molecule has 0 aliphatic carbocycles. The zero-order chi connectivity index (χ0) is 13.1. The van der Waals surface area contributed by atoms with Crippen molar-refractivity contribution < 1.29 is 23.4 Å². The molecular weight excluding hydrogens is 236 g/mol. The third-order valence-corrected chi connectivity index (χ3v) is 2.56. The van der Waals surface area contributed by atoms with Crippen LogP contribution in [-0.2, 0) is 4.74 Å². The van der Waals surface area contributed by atoms with Crippen molar-refractivity contribution in [2.45, 2.75) is 6.92 Å². The quantitative estimate of drug-likeness (QED) is 0.781. The fourth-order valence-electron chi connectivity index (χ4n) is 1.72.